The van der Waals surface area contributed by atoms with E-state index in [9.17, 15) is 4.79 Å². The van der Waals surface area contributed by atoms with Crippen molar-refractivity contribution in [1.82, 2.24) is 10.2 Å². The third kappa shape index (κ3) is 4.70. The molecule has 0 radical (unpaired) electrons. The standard InChI is InChI=1S/C19H17ClN4O2/c1-26-16-8-2-13(3-9-16)12-21-18-11-10-17(23-24-18)19(25)22-15-6-4-14(20)5-7-15/h2-11H,12H2,1H3,(H,21,24)(H,22,25). The smallest absolute Gasteiger partial charge is 0.276 e. The van der Waals surface area contributed by atoms with Gasteiger partial charge in [0, 0.05) is 17.3 Å². The van der Waals surface area contributed by atoms with Gasteiger partial charge in [0.1, 0.15) is 11.6 Å². The van der Waals surface area contributed by atoms with Crippen LogP contribution in [-0.4, -0.2) is 23.2 Å². The van der Waals surface area contributed by atoms with Gasteiger partial charge in [-0.05, 0) is 54.1 Å². The van der Waals surface area contributed by atoms with Gasteiger partial charge in [0.25, 0.3) is 5.91 Å². The van der Waals surface area contributed by atoms with Crippen LogP contribution in [0.15, 0.2) is 60.7 Å². The van der Waals surface area contributed by atoms with Gasteiger partial charge in [-0.3, -0.25) is 4.79 Å². The molecule has 132 valence electrons. The van der Waals surface area contributed by atoms with E-state index in [4.69, 9.17) is 16.3 Å². The van der Waals surface area contributed by atoms with Crippen molar-refractivity contribution in [2.75, 3.05) is 17.7 Å². The van der Waals surface area contributed by atoms with Crippen LogP contribution in [0.4, 0.5) is 11.5 Å². The second-order valence-electron chi connectivity index (χ2n) is 5.47. The molecular weight excluding hydrogens is 352 g/mol. The van der Waals surface area contributed by atoms with Crippen LogP contribution >= 0.6 is 11.6 Å². The van der Waals surface area contributed by atoms with Crippen LogP contribution in [0.3, 0.4) is 0 Å². The third-order valence-corrected chi connectivity index (χ3v) is 3.88. The van der Waals surface area contributed by atoms with Gasteiger partial charge < -0.3 is 15.4 Å². The van der Waals surface area contributed by atoms with Crippen molar-refractivity contribution < 1.29 is 9.53 Å². The number of amides is 1. The zero-order valence-corrected chi connectivity index (χ0v) is 14.8. The molecule has 6 nitrogen and oxygen atoms in total. The first kappa shape index (κ1) is 17.7. The van der Waals surface area contributed by atoms with Gasteiger partial charge in [-0.1, -0.05) is 23.7 Å². The molecule has 7 heteroatoms. The largest absolute Gasteiger partial charge is 0.497 e. The van der Waals surface area contributed by atoms with E-state index < -0.39 is 0 Å². The van der Waals surface area contributed by atoms with Gasteiger partial charge in [0.15, 0.2) is 5.69 Å². The maximum Gasteiger partial charge on any atom is 0.276 e. The molecule has 3 rings (SSSR count). The van der Waals surface area contributed by atoms with Gasteiger partial charge in [0.2, 0.25) is 0 Å². The Bertz CT molecular complexity index is 866. The highest BCUT2D eigenvalue weighted by atomic mass is 35.5. The van der Waals surface area contributed by atoms with Crippen molar-refractivity contribution in [1.29, 1.82) is 0 Å². The minimum Gasteiger partial charge on any atom is -0.497 e. The lowest BCUT2D eigenvalue weighted by Crippen LogP contribution is -2.14. The summed E-state index contributed by atoms with van der Waals surface area (Å²) in [7, 11) is 1.63. The Balaban J connectivity index is 1.56. The SMILES string of the molecule is COc1ccc(CNc2ccc(C(=O)Nc3ccc(Cl)cc3)nn2)cc1. The molecule has 1 aromatic heterocycles. The maximum atomic E-state index is 12.2. The summed E-state index contributed by atoms with van der Waals surface area (Å²) in [6.07, 6.45) is 0. The predicted molar refractivity (Wildman–Crippen MR) is 102 cm³/mol. The molecule has 1 amide bonds. The Morgan fingerprint density at radius 1 is 1.00 bits per heavy atom. The summed E-state index contributed by atoms with van der Waals surface area (Å²) in [5, 5.41) is 14.5. The monoisotopic (exact) mass is 368 g/mol. The van der Waals surface area contributed by atoms with Crippen LogP contribution in [0, 0.1) is 0 Å². The van der Waals surface area contributed by atoms with E-state index in [1.54, 1.807) is 43.5 Å². The van der Waals surface area contributed by atoms with Gasteiger partial charge in [-0.25, -0.2) is 0 Å². The zero-order valence-electron chi connectivity index (χ0n) is 14.1. The first-order valence-electron chi connectivity index (χ1n) is 7.91. The van der Waals surface area contributed by atoms with E-state index in [2.05, 4.69) is 20.8 Å². The summed E-state index contributed by atoms with van der Waals surface area (Å²) >= 11 is 5.82. The van der Waals surface area contributed by atoms with E-state index in [1.807, 2.05) is 24.3 Å². The van der Waals surface area contributed by atoms with E-state index in [1.165, 1.54) is 0 Å². The highest BCUT2D eigenvalue weighted by Gasteiger charge is 2.08. The van der Waals surface area contributed by atoms with Crippen LogP contribution in [0.1, 0.15) is 16.1 Å². The number of rotatable bonds is 6. The number of hydrogen-bond donors (Lipinski definition) is 2. The molecule has 0 spiro atoms. The Morgan fingerprint density at radius 3 is 2.35 bits per heavy atom. The van der Waals surface area contributed by atoms with Crippen molar-refractivity contribution in [2.24, 2.45) is 0 Å². The molecule has 26 heavy (non-hydrogen) atoms. The van der Waals surface area contributed by atoms with Crippen molar-refractivity contribution >= 4 is 29.0 Å². The first-order chi connectivity index (χ1) is 12.6. The minimum atomic E-state index is -0.332. The highest BCUT2D eigenvalue weighted by Crippen LogP contribution is 2.15. The van der Waals surface area contributed by atoms with E-state index >= 15 is 0 Å². The first-order valence-corrected chi connectivity index (χ1v) is 8.29. The van der Waals surface area contributed by atoms with Gasteiger partial charge >= 0.3 is 0 Å². The summed E-state index contributed by atoms with van der Waals surface area (Å²) < 4.78 is 5.13. The van der Waals surface area contributed by atoms with Crippen LogP contribution in [0.5, 0.6) is 5.75 Å². The normalized spacial score (nSPS) is 10.2. The molecule has 1 heterocycles. The number of nitrogens with one attached hydrogen (secondary N) is 2. The Morgan fingerprint density at radius 2 is 1.73 bits per heavy atom. The lowest BCUT2D eigenvalue weighted by atomic mass is 10.2. The summed E-state index contributed by atoms with van der Waals surface area (Å²) in [6, 6.07) is 17.9. The fourth-order valence-corrected chi connectivity index (χ4v) is 2.34. The summed E-state index contributed by atoms with van der Waals surface area (Å²) in [5.74, 6) is 1.06. The predicted octanol–water partition coefficient (Wildman–Crippen LogP) is 4.00. The number of carbonyl (C=O) groups is 1. The van der Waals surface area contributed by atoms with Gasteiger partial charge in [-0.15, -0.1) is 10.2 Å². The summed E-state index contributed by atoms with van der Waals surface area (Å²) in [4.78, 5) is 12.2. The van der Waals surface area contributed by atoms with Crippen LogP contribution < -0.4 is 15.4 Å². The number of carbonyl (C=O) groups excluding carboxylic acids is 1. The quantitative estimate of drug-likeness (QED) is 0.687. The number of hydrogen-bond acceptors (Lipinski definition) is 5. The molecule has 0 aliphatic carbocycles. The summed E-state index contributed by atoms with van der Waals surface area (Å²) in [5.41, 5.74) is 1.95. The van der Waals surface area contributed by atoms with E-state index in [-0.39, 0.29) is 11.6 Å². The molecular formula is C19H17ClN4O2. The number of methoxy groups -OCH3 is 1. The zero-order chi connectivity index (χ0) is 18.4. The lowest BCUT2D eigenvalue weighted by Gasteiger charge is -2.07. The average molecular weight is 369 g/mol. The van der Waals surface area contributed by atoms with Crippen molar-refractivity contribution in [3.63, 3.8) is 0 Å². The molecule has 2 N–H and O–H groups in total. The fourth-order valence-electron chi connectivity index (χ4n) is 2.21. The van der Waals surface area contributed by atoms with Crippen molar-refractivity contribution in [3.05, 3.63) is 76.9 Å². The number of anilines is 2. The van der Waals surface area contributed by atoms with E-state index in [0.29, 0.717) is 23.1 Å². The number of nitrogens with zero attached hydrogens (tertiary/aromatic N) is 2. The molecule has 0 saturated heterocycles. The minimum absolute atomic E-state index is 0.231. The summed E-state index contributed by atoms with van der Waals surface area (Å²) in [6.45, 7) is 0.592. The Kier molecular flexibility index (Phi) is 5.66. The Labute approximate surface area is 156 Å². The topological polar surface area (TPSA) is 76.1 Å². The van der Waals surface area contributed by atoms with Crippen LogP contribution in [0.2, 0.25) is 5.02 Å². The molecule has 0 unspecified atom stereocenters. The van der Waals surface area contributed by atoms with Crippen molar-refractivity contribution in [3.8, 4) is 5.75 Å². The van der Waals surface area contributed by atoms with Crippen LogP contribution in [0.25, 0.3) is 0 Å². The molecule has 0 atom stereocenters. The molecule has 3 aromatic rings. The second kappa shape index (κ2) is 8.31. The molecule has 0 saturated carbocycles. The molecule has 0 aliphatic rings. The van der Waals surface area contributed by atoms with Gasteiger partial charge in [-0.2, -0.15) is 0 Å². The number of ether oxygens (including phenoxy) is 1. The molecule has 2 aromatic carbocycles. The van der Waals surface area contributed by atoms with Crippen LogP contribution in [-0.2, 0) is 6.54 Å². The average Bonchev–Trinajstić information content (AvgIpc) is 2.69. The van der Waals surface area contributed by atoms with Gasteiger partial charge in [0.05, 0.1) is 7.11 Å². The number of benzene rings is 2. The lowest BCUT2D eigenvalue weighted by molar-refractivity contribution is 0.102. The second-order valence-corrected chi connectivity index (χ2v) is 5.90. The van der Waals surface area contributed by atoms with Crippen molar-refractivity contribution in [2.45, 2.75) is 6.54 Å². The number of halogens is 1. The molecule has 0 fully saturated rings. The molecule has 0 aliphatic heterocycles. The third-order valence-electron chi connectivity index (χ3n) is 3.63. The maximum absolute atomic E-state index is 12.2. The Hall–Kier alpha value is -3.12. The molecule has 0 bridgehead atoms. The fraction of sp³-hybridized carbons (Fsp3) is 0.105. The van der Waals surface area contributed by atoms with E-state index in [0.717, 1.165) is 11.3 Å². The number of aromatic nitrogens is 2. The highest BCUT2D eigenvalue weighted by molar-refractivity contribution is 6.30.